The van der Waals surface area contributed by atoms with Crippen LogP contribution >= 0.6 is 0 Å². The lowest BCUT2D eigenvalue weighted by Crippen LogP contribution is -2.52. The minimum absolute atomic E-state index is 0.105. The zero-order valence-corrected chi connectivity index (χ0v) is 11.8. The molecule has 5 heteroatoms. The molecular formula is C14H25N3O2. The van der Waals surface area contributed by atoms with Gasteiger partial charge in [0.2, 0.25) is 11.8 Å². The van der Waals surface area contributed by atoms with Gasteiger partial charge in [-0.2, -0.15) is 0 Å². The summed E-state index contributed by atoms with van der Waals surface area (Å²) in [5, 5.41) is 0. The van der Waals surface area contributed by atoms with Crippen molar-refractivity contribution >= 4 is 11.8 Å². The summed E-state index contributed by atoms with van der Waals surface area (Å²) in [7, 11) is 0. The van der Waals surface area contributed by atoms with Crippen molar-refractivity contribution < 1.29 is 9.59 Å². The fraction of sp³-hybridized carbons (Fsp3) is 0.857. The van der Waals surface area contributed by atoms with Crippen LogP contribution in [-0.2, 0) is 9.59 Å². The van der Waals surface area contributed by atoms with Gasteiger partial charge in [-0.05, 0) is 31.7 Å². The minimum atomic E-state index is 0.105. The summed E-state index contributed by atoms with van der Waals surface area (Å²) in [6, 6.07) is 0. The summed E-state index contributed by atoms with van der Waals surface area (Å²) in [6.07, 6.45) is 4.23. The second-order valence-corrected chi connectivity index (χ2v) is 5.80. The third kappa shape index (κ3) is 3.47. The molecule has 0 spiro atoms. The highest BCUT2D eigenvalue weighted by atomic mass is 16.2. The first kappa shape index (κ1) is 14.3. The number of amides is 2. The molecule has 2 unspecified atom stereocenters. The number of piperazine rings is 1. The molecule has 0 aromatic carbocycles. The lowest BCUT2D eigenvalue weighted by molar-refractivity contribution is -0.142. The Hall–Kier alpha value is -1.10. The molecule has 2 fully saturated rings. The Morgan fingerprint density at radius 2 is 1.74 bits per heavy atom. The molecule has 0 bridgehead atoms. The van der Waals surface area contributed by atoms with E-state index in [1.54, 1.807) is 6.92 Å². The van der Waals surface area contributed by atoms with Crippen LogP contribution in [0.1, 0.15) is 32.6 Å². The van der Waals surface area contributed by atoms with E-state index in [4.69, 9.17) is 5.73 Å². The SMILES string of the molecule is CC(=O)N1CCN(C(=O)C2CCCC(CN)C2)CC1. The van der Waals surface area contributed by atoms with Crippen LogP contribution < -0.4 is 5.73 Å². The molecule has 19 heavy (non-hydrogen) atoms. The van der Waals surface area contributed by atoms with Crippen LogP contribution in [0.3, 0.4) is 0 Å². The minimum Gasteiger partial charge on any atom is -0.339 e. The third-order valence-electron chi connectivity index (χ3n) is 4.50. The largest absolute Gasteiger partial charge is 0.339 e. The smallest absolute Gasteiger partial charge is 0.225 e. The molecule has 108 valence electrons. The van der Waals surface area contributed by atoms with Crippen molar-refractivity contribution in [3.8, 4) is 0 Å². The van der Waals surface area contributed by atoms with E-state index in [-0.39, 0.29) is 17.7 Å². The van der Waals surface area contributed by atoms with Crippen molar-refractivity contribution in [2.24, 2.45) is 17.6 Å². The molecule has 1 aliphatic carbocycles. The van der Waals surface area contributed by atoms with Gasteiger partial charge in [-0.25, -0.2) is 0 Å². The average Bonchev–Trinajstić information content (AvgIpc) is 2.46. The highest BCUT2D eigenvalue weighted by molar-refractivity contribution is 5.79. The van der Waals surface area contributed by atoms with Crippen LogP contribution in [0.15, 0.2) is 0 Å². The number of nitrogens with zero attached hydrogens (tertiary/aromatic N) is 2. The fourth-order valence-corrected chi connectivity index (χ4v) is 3.23. The summed E-state index contributed by atoms with van der Waals surface area (Å²) in [6.45, 7) is 5.00. The lowest BCUT2D eigenvalue weighted by atomic mass is 9.80. The zero-order chi connectivity index (χ0) is 13.8. The predicted molar refractivity (Wildman–Crippen MR) is 73.3 cm³/mol. The van der Waals surface area contributed by atoms with E-state index in [1.807, 2.05) is 9.80 Å². The van der Waals surface area contributed by atoms with E-state index < -0.39 is 0 Å². The van der Waals surface area contributed by atoms with Crippen molar-refractivity contribution in [1.29, 1.82) is 0 Å². The van der Waals surface area contributed by atoms with Gasteiger partial charge in [0, 0.05) is 39.0 Å². The average molecular weight is 267 g/mol. The molecule has 0 radical (unpaired) electrons. The Morgan fingerprint density at radius 1 is 1.11 bits per heavy atom. The molecule has 2 rings (SSSR count). The maximum Gasteiger partial charge on any atom is 0.225 e. The van der Waals surface area contributed by atoms with Gasteiger partial charge in [0.05, 0.1) is 0 Å². The Bertz CT molecular complexity index is 338. The van der Waals surface area contributed by atoms with Gasteiger partial charge >= 0.3 is 0 Å². The zero-order valence-electron chi connectivity index (χ0n) is 11.8. The predicted octanol–water partition coefficient (Wildman–Crippen LogP) is 0.442. The van der Waals surface area contributed by atoms with Crippen LogP contribution in [0, 0.1) is 11.8 Å². The van der Waals surface area contributed by atoms with Gasteiger partial charge in [0.15, 0.2) is 0 Å². The molecule has 2 aliphatic rings. The monoisotopic (exact) mass is 267 g/mol. The van der Waals surface area contributed by atoms with Crippen molar-refractivity contribution in [1.82, 2.24) is 9.80 Å². The molecule has 5 nitrogen and oxygen atoms in total. The maximum absolute atomic E-state index is 12.5. The number of nitrogens with two attached hydrogens (primary N) is 1. The third-order valence-corrected chi connectivity index (χ3v) is 4.50. The Labute approximate surface area is 115 Å². The maximum atomic E-state index is 12.5. The first-order valence-corrected chi connectivity index (χ1v) is 7.36. The van der Waals surface area contributed by atoms with Crippen LogP contribution in [-0.4, -0.2) is 54.3 Å². The van der Waals surface area contributed by atoms with Crippen LogP contribution in [0.2, 0.25) is 0 Å². The Kier molecular flexibility index (Phi) is 4.80. The Morgan fingerprint density at radius 3 is 2.32 bits per heavy atom. The van der Waals surface area contributed by atoms with Crippen molar-refractivity contribution in [2.75, 3.05) is 32.7 Å². The van der Waals surface area contributed by atoms with Gasteiger partial charge in [-0.3, -0.25) is 9.59 Å². The van der Waals surface area contributed by atoms with Gasteiger partial charge in [0.1, 0.15) is 0 Å². The molecule has 2 atom stereocenters. The molecule has 0 aromatic rings. The van der Waals surface area contributed by atoms with Crippen LogP contribution in [0.25, 0.3) is 0 Å². The van der Waals surface area contributed by atoms with Gasteiger partial charge < -0.3 is 15.5 Å². The van der Waals surface area contributed by atoms with E-state index in [0.29, 0.717) is 38.6 Å². The van der Waals surface area contributed by atoms with E-state index in [9.17, 15) is 9.59 Å². The molecule has 1 saturated carbocycles. The molecule has 1 heterocycles. The topological polar surface area (TPSA) is 66.6 Å². The number of hydrogen-bond donors (Lipinski definition) is 1. The standard InChI is InChI=1S/C14H25N3O2/c1-11(18)16-5-7-17(8-6-16)14(19)13-4-2-3-12(9-13)10-15/h12-13H,2-10,15H2,1H3. The first-order chi connectivity index (χ1) is 9.11. The summed E-state index contributed by atoms with van der Waals surface area (Å²) in [5.74, 6) is 1.06. The highest BCUT2D eigenvalue weighted by Gasteiger charge is 2.31. The highest BCUT2D eigenvalue weighted by Crippen LogP contribution is 2.29. The van der Waals surface area contributed by atoms with Crippen LogP contribution in [0.5, 0.6) is 0 Å². The van der Waals surface area contributed by atoms with Gasteiger partial charge in [0.25, 0.3) is 0 Å². The van der Waals surface area contributed by atoms with Crippen molar-refractivity contribution in [3.05, 3.63) is 0 Å². The molecule has 2 amide bonds. The summed E-state index contributed by atoms with van der Waals surface area (Å²) in [4.78, 5) is 27.5. The van der Waals surface area contributed by atoms with E-state index in [0.717, 1.165) is 19.3 Å². The lowest BCUT2D eigenvalue weighted by Gasteiger charge is -2.37. The van der Waals surface area contributed by atoms with E-state index in [1.165, 1.54) is 6.42 Å². The Balaban J connectivity index is 1.85. The molecule has 1 saturated heterocycles. The molecule has 2 N–H and O–H groups in total. The number of carbonyl (C=O) groups is 2. The van der Waals surface area contributed by atoms with E-state index in [2.05, 4.69) is 0 Å². The normalized spacial score (nSPS) is 28.3. The second kappa shape index (κ2) is 6.37. The molecule has 1 aliphatic heterocycles. The van der Waals surface area contributed by atoms with Gasteiger partial charge in [-0.1, -0.05) is 6.42 Å². The first-order valence-electron chi connectivity index (χ1n) is 7.36. The fourth-order valence-electron chi connectivity index (χ4n) is 3.23. The van der Waals surface area contributed by atoms with Crippen LogP contribution in [0.4, 0.5) is 0 Å². The number of carbonyl (C=O) groups excluding carboxylic acids is 2. The van der Waals surface area contributed by atoms with Crippen molar-refractivity contribution in [3.63, 3.8) is 0 Å². The number of hydrogen-bond acceptors (Lipinski definition) is 3. The molecule has 0 aromatic heterocycles. The van der Waals surface area contributed by atoms with Crippen molar-refractivity contribution in [2.45, 2.75) is 32.6 Å². The summed E-state index contributed by atoms with van der Waals surface area (Å²) in [5.41, 5.74) is 5.73. The van der Waals surface area contributed by atoms with E-state index >= 15 is 0 Å². The summed E-state index contributed by atoms with van der Waals surface area (Å²) < 4.78 is 0. The number of rotatable bonds is 2. The quantitative estimate of drug-likeness (QED) is 0.789. The molecular weight excluding hydrogens is 242 g/mol. The summed E-state index contributed by atoms with van der Waals surface area (Å²) >= 11 is 0. The second-order valence-electron chi connectivity index (χ2n) is 5.80. The van der Waals surface area contributed by atoms with Gasteiger partial charge in [-0.15, -0.1) is 0 Å².